The van der Waals surface area contributed by atoms with Crippen LogP contribution in [0.3, 0.4) is 0 Å². The summed E-state index contributed by atoms with van der Waals surface area (Å²) in [6.07, 6.45) is 10.3. The molecule has 0 spiro atoms. The van der Waals surface area contributed by atoms with Crippen LogP contribution in [0.15, 0.2) is 42.5 Å². The third-order valence-electron chi connectivity index (χ3n) is 6.17. The first-order valence-electron chi connectivity index (χ1n) is 10.7. The molecule has 28 heavy (non-hydrogen) atoms. The number of hydrogen-bond donors (Lipinski definition) is 3. The molecule has 4 nitrogen and oxygen atoms in total. The number of aliphatic carboxylic acids is 1. The van der Waals surface area contributed by atoms with Crippen LogP contribution in [0.25, 0.3) is 0 Å². The van der Waals surface area contributed by atoms with E-state index in [4.69, 9.17) is 5.11 Å². The maximum atomic E-state index is 10.5. The number of hydrogen-bond acceptors (Lipinski definition) is 3. The Morgan fingerprint density at radius 3 is 2.64 bits per heavy atom. The number of aliphatic hydroxyl groups excluding tert-OH is 2. The Morgan fingerprint density at radius 2 is 1.93 bits per heavy atom. The fourth-order valence-electron chi connectivity index (χ4n) is 4.52. The fourth-order valence-corrected chi connectivity index (χ4v) is 4.52. The Morgan fingerprint density at radius 1 is 1.18 bits per heavy atom. The Kier molecular flexibility index (Phi) is 9.72. The molecule has 5 atom stereocenters. The van der Waals surface area contributed by atoms with E-state index in [9.17, 15) is 15.0 Å². The normalized spacial score (nSPS) is 26.0. The molecular formula is C24H36O4. The summed E-state index contributed by atoms with van der Waals surface area (Å²) in [4.78, 5) is 10.5. The lowest BCUT2D eigenvalue weighted by molar-refractivity contribution is -0.137. The number of rotatable bonds is 12. The SMILES string of the molecule is CC1CC(O)C(CC=CCCCC(=O)O)C1CCC(O)CCc1ccccc1. The number of carboxylic acids is 1. The molecule has 4 heteroatoms. The molecule has 156 valence electrons. The van der Waals surface area contributed by atoms with E-state index in [1.807, 2.05) is 24.3 Å². The van der Waals surface area contributed by atoms with Crippen LogP contribution in [0.2, 0.25) is 0 Å². The van der Waals surface area contributed by atoms with Gasteiger partial charge in [-0.1, -0.05) is 49.4 Å². The van der Waals surface area contributed by atoms with Gasteiger partial charge in [0.25, 0.3) is 0 Å². The van der Waals surface area contributed by atoms with Crippen molar-refractivity contribution in [1.82, 2.24) is 0 Å². The summed E-state index contributed by atoms with van der Waals surface area (Å²) >= 11 is 0. The first-order chi connectivity index (χ1) is 13.5. The third-order valence-corrected chi connectivity index (χ3v) is 6.17. The molecule has 0 radical (unpaired) electrons. The van der Waals surface area contributed by atoms with Crippen LogP contribution in [-0.4, -0.2) is 33.5 Å². The number of aryl methyl sites for hydroxylation is 1. The number of aliphatic hydroxyl groups is 2. The molecule has 1 saturated carbocycles. The monoisotopic (exact) mass is 388 g/mol. The first kappa shape index (κ1) is 22.6. The first-order valence-corrected chi connectivity index (χ1v) is 10.7. The average molecular weight is 389 g/mol. The van der Waals surface area contributed by atoms with E-state index >= 15 is 0 Å². The molecule has 0 aromatic heterocycles. The van der Waals surface area contributed by atoms with Crippen molar-refractivity contribution in [1.29, 1.82) is 0 Å². The molecule has 1 aliphatic carbocycles. The lowest BCUT2D eigenvalue weighted by atomic mass is 9.83. The second-order valence-electron chi connectivity index (χ2n) is 8.36. The number of unbranched alkanes of at least 4 members (excludes halogenated alkanes) is 1. The molecule has 1 aromatic rings. The second-order valence-corrected chi connectivity index (χ2v) is 8.36. The Labute approximate surface area is 169 Å². The Hall–Kier alpha value is -1.65. The zero-order valence-corrected chi connectivity index (χ0v) is 17.0. The van der Waals surface area contributed by atoms with Gasteiger partial charge < -0.3 is 15.3 Å². The molecule has 0 aliphatic heterocycles. The average Bonchev–Trinajstić information content (AvgIpc) is 2.94. The molecule has 1 aromatic carbocycles. The van der Waals surface area contributed by atoms with E-state index < -0.39 is 5.97 Å². The van der Waals surface area contributed by atoms with E-state index in [2.05, 4.69) is 25.1 Å². The van der Waals surface area contributed by atoms with Crippen molar-refractivity contribution in [3.63, 3.8) is 0 Å². The second kappa shape index (κ2) is 12.0. The summed E-state index contributed by atoms with van der Waals surface area (Å²) < 4.78 is 0. The van der Waals surface area contributed by atoms with E-state index in [0.717, 1.165) is 44.9 Å². The lowest BCUT2D eigenvalue weighted by Gasteiger charge is -2.24. The summed E-state index contributed by atoms with van der Waals surface area (Å²) in [5, 5.41) is 29.5. The van der Waals surface area contributed by atoms with Crippen LogP contribution in [0.1, 0.15) is 63.9 Å². The van der Waals surface area contributed by atoms with Crippen LogP contribution in [0.5, 0.6) is 0 Å². The maximum Gasteiger partial charge on any atom is 0.303 e. The number of carbonyl (C=O) groups is 1. The predicted molar refractivity (Wildman–Crippen MR) is 112 cm³/mol. The van der Waals surface area contributed by atoms with Crippen LogP contribution in [0.4, 0.5) is 0 Å². The van der Waals surface area contributed by atoms with Crippen molar-refractivity contribution in [3.8, 4) is 0 Å². The molecule has 1 aliphatic rings. The Balaban J connectivity index is 1.74. The standard InChI is InChI=1S/C24H36O4/c1-18-17-23(26)22(11-7-2-3-8-12-24(27)28)21(18)16-15-20(25)14-13-19-9-5-4-6-10-19/h2,4-7,9-10,18,20-23,25-26H,3,8,11-17H2,1H3,(H,27,28). The summed E-state index contributed by atoms with van der Waals surface area (Å²) in [7, 11) is 0. The lowest BCUT2D eigenvalue weighted by Crippen LogP contribution is -2.21. The van der Waals surface area contributed by atoms with Crippen LogP contribution < -0.4 is 0 Å². The van der Waals surface area contributed by atoms with Gasteiger partial charge in [-0.05, 0) is 74.7 Å². The van der Waals surface area contributed by atoms with E-state index in [1.54, 1.807) is 0 Å². The topological polar surface area (TPSA) is 77.8 Å². The smallest absolute Gasteiger partial charge is 0.303 e. The fraction of sp³-hybridized carbons (Fsp3) is 0.625. The van der Waals surface area contributed by atoms with Gasteiger partial charge in [-0.2, -0.15) is 0 Å². The van der Waals surface area contributed by atoms with E-state index in [1.165, 1.54) is 5.56 Å². The molecule has 0 saturated heterocycles. The highest BCUT2D eigenvalue weighted by molar-refractivity contribution is 5.66. The molecule has 1 fully saturated rings. The largest absolute Gasteiger partial charge is 0.481 e. The number of benzene rings is 1. The quantitative estimate of drug-likeness (QED) is 0.361. The van der Waals surface area contributed by atoms with Gasteiger partial charge in [0.05, 0.1) is 12.2 Å². The van der Waals surface area contributed by atoms with Crippen molar-refractivity contribution in [3.05, 3.63) is 48.0 Å². The molecule has 2 rings (SSSR count). The van der Waals surface area contributed by atoms with E-state index in [-0.39, 0.29) is 24.5 Å². The minimum absolute atomic E-state index is 0.205. The molecule has 5 unspecified atom stereocenters. The van der Waals surface area contributed by atoms with Gasteiger partial charge in [-0.15, -0.1) is 0 Å². The summed E-state index contributed by atoms with van der Waals surface area (Å²) in [5.74, 6) is 0.401. The highest BCUT2D eigenvalue weighted by atomic mass is 16.4. The van der Waals surface area contributed by atoms with Gasteiger partial charge in [0.1, 0.15) is 0 Å². The molecule has 0 heterocycles. The van der Waals surface area contributed by atoms with Crippen LogP contribution >= 0.6 is 0 Å². The summed E-state index contributed by atoms with van der Waals surface area (Å²) in [6, 6.07) is 10.3. The summed E-state index contributed by atoms with van der Waals surface area (Å²) in [6.45, 7) is 2.21. The van der Waals surface area contributed by atoms with Gasteiger partial charge >= 0.3 is 5.97 Å². The van der Waals surface area contributed by atoms with Crippen molar-refractivity contribution >= 4 is 5.97 Å². The van der Waals surface area contributed by atoms with Crippen molar-refractivity contribution < 1.29 is 20.1 Å². The van der Waals surface area contributed by atoms with Gasteiger partial charge in [0.2, 0.25) is 0 Å². The maximum absolute atomic E-state index is 10.5. The van der Waals surface area contributed by atoms with Gasteiger partial charge in [-0.25, -0.2) is 0 Å². The van der Waals surface area contributed by atoms with Gasteiger partial charge in [0.15, 0.2) is 0 Å². The van der Waals surface area contributed by atoms with Crippen LogP contribution in [0, 0.1) is 17.8 Å². The highest BCUT2D eigenvalue weighted by Gasteiger charge is 2.39. The molecule has 0 bridgehead atoms. The van der Waals surface area contributed by atoms with E-state index in [0.29, 0.717) is 18.3 Å². The molecular weight excluding hydrogens is 352 g/mol. The highest BCUT2D eigenvalue weighted by Crippen LogP contribution is 2.42. The molecule has 0 amide bonds. The van der Waals surface area contributed by atoms with Gasteiger partial charge in [0, 0.05) is 6.42 Å². The molecule has 3 N–H and O–H groups in total. The van der Waals surface area contributed by atoms with Crippen molar-refractivity contribution in [2.75, 3.05) is 0 Å². The minimum atomic E-state index is -0.751. The predicted octanol–water partition coefficient (Wildman–Crippen LogP) is 4.59. The summed E-state index contributed by atoms with van der Waals surface area (Å²) in [5.41, 5.74) is 1.26. The zero-order valence-electron chi connectivity index (χ0n) is 17.0. The minimum Gasteiger partial charge on any atom is -0.481 e. The van der Waals surface area contributed by atoms with Gasteiger partial charge in [-0.3, -0.25) is 4.79 Å². The van der Waals surface area contributed by atoms with Crippen molar-refractivity contribution in [2.24, 2.45) is 17.8 Å². The zero-order chi connectivity index (χ0) is 20.4. The number of allylic oxidation sites excluding steroid dienone is 2. The third kappa shape index (κ3) is 7.76. The number of carboxylic acid groups (broad SMARTS) is 1. The van der Waals surface area contributed by atoms with Crippen molar-refractivity contribution in [2.45, 2.75) is 76.9 Å². The Bertz CT molecular complexity index is 598. The van der Waals surface area contributed by atoms with Crippen LogP contribution in [-0.2, 0) is 11.2 Å².